The number of carbonyl (C=O) groups is 4. The molecule has 2 unspecified atom stereocenters. The fraction of sp³-hybridized carbons (Fsp3) is 0.261. The molecular formula is C23H23O8P. The van der Waals surface area contributed by atoms with Gasteiger partial charge >= 0.3 is 23.9 Å². The average molecular weight is 458 g/mol. The zero-order chi connectivity index (χ0) is 23.7. The van der Waals surface area contributed by atoms with Crippen LogP contribution < -0.4 is 5.30 Å². The second-order valence-electron chi connectivity index (χ2n) is 7.09. The van der Waals surface area contributed by atoms with Crippen LogP contribution >= 0.6 is 6.89 Å². The second kappa shape index (κ2) is 8.63. The fourth-order valence-electron chi connectivity index (χ4n) is 4.36. The number of allylic oxidation sites excluding steroid dienone is 2. The van der Waals surface area contributed by atoms with Crippen molar-refractivity contribution in [1.82, 2.24) is 0 Å². The molecule has 0 saturated carbocycles. The van der Waals surface area contributed by atoms with Crippen molar-refractivity contribution in [3.63, 3.8) is 0 Å². The average Bonchev–Trinajstić information content (AvgIpc) is 3.10. The van der Waals surface area contributed by atoms with Gasteiger partial charge in [0, 0.05) is 0 Å². The van der Waals surface area contributed by atoms with Crippen LogP contribution in [0.15, 0.2) is 65.0 Å². The van der Waals surface area contributed by atoms with Crippen LogP contribution in [0.1, 0.15) is 6.92 Å². The summed E-state index contributed by atoms with van der Waals surface area (Å²) in [5.41, 5.74) is -0.0111. The highest BCUT2D eigenvalue weighted by atomic mass is 31.2. The third-order valence-corrected chi connectivity index (χ3v) is 10.1. The number of benzene rings is 1. The number of hydrogen-bond donors (Lipinski definition) is 0. The minimum absolute atomic E-state index is 0.108. The summed E-state index contributed by atoms with van der Waals surface area (Å²) < 4.78 is 20.2. The first-order valence-corrected chi connectivity index (χ1v) is 11.4. The van der Waals surface area contributed by atoms with Crippen molar-refractivity contribution < 1.29 is 38.1 Å². The number of carbonyl (C=O) groups excluding carboxylic acids is 4. The van der Waals surface area contributed by atoms with E-state index in [1.165, 1.54) is 7.11 Å². The maximum absolute atomic E-state index is 13.6. The first-order valence-electron chi connectivity index (χ1n) is 9.56. The lowest BCUT2D eigenvalue weighted by Gasteiger charge is -2.40. The van der Waals surface area contributed by atoms with Crippen LogP contribution in [-0.2, 0) is 38.1 Å². The van der Waals surface area contributed by atoms with Gasteiger partial charge in [0.15, 0.2) is 0 Å². The molecule has 8 nitrogen and oxygen atoms in total. The van der Waals surface area contributed by atoms with Gasteiger partial charge in [0.05, 0.1) is 44.9 Å². The Bertz CT molecular complexity index is 1160. The molecule has 0 amide bonds. The van der Waals surface area contributed by atoms with E-state index in [4.69, 9.17) is 18.9 Å². The van der Waals surface area contributed by atoms with Gasteiger partial charge in [-0.2, -0.15) is 0 Å². The molecule has 1 aromatic carbocycles. The van der Waals surface area contributed by atoms with Gasteiger partial charge in [-0.25, -0.2) is 14.4 Å². The standard InChI is InChI=1S/C23H23O8P/c1-14-11-12-32(15-9-7-6-8-10-15)18(21(26)30-4)16(19(24)28-2)17(20(25)29-3)23(32,13-14)22(27)31-5/h6-13H,1-5H3. The molecule has 3 rings (SSSR count). The van der Waals surface area contributed by atoms with E-state index >= 15 is 0 Å². The van der Waals surface area contributed by atoms with Gasteiger partial charge in [-0.15, -0.1) is 0 Å². The van der Waals surface area contributed by atoms with Crippen LogP contribution in [0.25, 0.3) is 0 Å². The molecule has 32 heavy (non-hydrogen) atoms. The molecule has 0 fully saturated rings. The molecule has 2 aliphatic rings. The number of ether oxygens (including phenoxy) is 4. The molecule has 0 saturated heterocycles. The Morgan fingerprint density at radius 3 is 1.94 bits per heavy atom. The SMILES string of the molecule is COC(=O)C1=C(C(=O)OC)C2(C(=O)OC)C=C(C)C=CP2(c2ccccc2)=C1C(=O)OC. The minimum Gasteiger partial charge on any atom is -0.468 e. The minimum atomic E-state index is -3.34. The predicted molar refractivity (Wildman–Crippen MR) is 119 cm³/mol. The van der Waals surface area contributed by atoms with E-state index in [0.29, 0.717) is 10.9 Å². The van der Waals surface area contributed by atoms with Gasteiger partial charge in [-0.05, 0) is 19.1 Å². The molecule has 1 aromatic rings. The molecule has 168 valence electrons. The third-order valence-electron chi connectivity index (χ3n) is 5.59. The smallest absolute Gasteiger partial charge is 0.339 e. The zero-order valence-electron chi connectivity index (χ0n) is 18.3. The van der Waals surface area contributed by atoms with Crippen molar-refractivity contribution in [2.24, 2.45) is 0 Å². The van der Waals surface area contributed by atoms with Crippen molar-refractivity contribution in [1.29, 1.82) is 0 Å². The molecule has 0 aliphatic carbocycles. The Morgan fingerprint density at radius 1 is 0.812 bits per heavy atom. The Hall–Kier alpha value is -3.38. The molecule has 0 aromatic heterocycles. The molecule has 2 aliphatic heterocycles. The lowest BCUT2D eigenvalue weighted by atomic mass is 9.89. The molecule has 0 N–H and O–H groups in total. The van der Waals surface area contributed by atoms with Gasteiger partial charge in [0.25, 0.3) is 0 Å². The van der Waals surface area contributed by atoms with Crippen molar-refractivity contribution in [2.45, 2.75) is 12.1 Å². The van der Waals surface area contributed by atoms with Crippen LogP contribution in [0.4, 0.5) is 0 Å². The summed E-state index contributed by atoms with van der Waals surface area (Å²) >= 11 is 0. The molecule has 0 spiro atoms. The number of fused-ring (bicyclic) bond motifs is 1. The summed E-state index contributed by atoms with van der Waals surface area (Å²) in [6, 6.07) is 8.74. The monoisotopic (exact) mass is 458 g/mol. The summed E-state index contributed by atoms with van der Waals surface area (Å²) in [6.45, 7) is -1.60. The van der Waals surface area contributed by atoms with Gasteiger partial charge < -0.3 is 18.9 Å². The quantitative estimate of drug-likeness (QED) is 0.373. The summed E-state index contributed by atoms with van der Waals surface area (Å²) in [6.07, 6.45) is 3.31. The van der Waals surface area contributed by atoms with E-state index in [0.717, 1.165) is 21.3 Å². The summed E-state index contributed by atoms with van der Waals surface area (Å²) in [4.78, 5) is 53.0. The second-order valence-corrected chi connectivity index (χ2v) is 10.5. The Balaban J connectivity index is 2.73. The maximum atomic E-state index is 13.6. The van der Waals surface area contributed by atoms with E-state index in [2.05, 4.69) is 0 Å². The molecule has 0 radical (unpaired) electrons. The van der Waals surface area contributed by atoms with E-state index in [1.807, 2.05) is 0 Å². The number of rotatable bonds is 5. The van der Waals surface area contributed by atoms with Crippen molar-refractivity contribution in [3.8, 4) is 0 Å². The van der Waals surface area contributed by atoms with Gasteiger partial charge in [0.2, 0.25) is 0 Å². The Morgan fingerprint density at radius 2 is 1.41 bits per heavy atom. The van der Waals surface area contributed by atoms with E-state index in [-0.39, 0.29) is 16.4 Å². The van der Waals surface area contributed by atoms with E-state index in [9.17, 15) is 19.2 Å². The number of esters is 4. The van der Waals surface area contributed by atoms with E-state index in [1.54, 1.807) is 55.2 Å². The Kier molecular flexibility index (Phi) is 6.28. The number of hydrogen-bond acceptors (Lipinski definition) is 8. The van der Waals surface area contributed by atoms with Crippen molar-refractivity contribution in [2.75, 3.05) is 28.4 Å². The molecule has 9 heteroatoms. The maximum Gasteiger partial charge on any atom is 0.339 e. The normalized spacial score (nSPS) is 23.8. The van der Waals surface area contributed by atoms with Gasteiger partial charge in [0.1, 0.15) is 5.16 Å². The zero-order valence-corrected chi connectivity index (χ0v) is 19.2. The van der Waals surface area contributed by atoms with Crippen molar-refractivity contribution in [3.05, 3.63) is 65.0 Å². The van der Waals surface area contributed by atoms with Crippen LogP contribution in [0.5, 0.6) is 0 Å². The molecular weight excluding hydrogens is 435 g/mol. The van der Waals surface area contributed by atoms with Gasteiger partial charge in [-0.3, -0.25) is 4.79 Å². The Labute approximate surface area is 185 Å². The molecule has 2 heterocycles. The fourth-order valence-corrected chi connectivity index (χ4v) is 9.31. The summed E-state index contributed by atoms with van der Waals surface area (Å²) in [5, 5.41) is -1.35. The van der Waals surface area contributed by atoms with Crippen LogP contribution in [0, 0.1) is 0 Å². The highest BCUT2D eigenvalue weighted by Crippen LogP contribution is 2.71. The predicted octanol–water partition coefficient (Wildman–Crippen LogP) is 1.72. The first-order chi connectivity index (χ1) is 15.3. The van der Waals surface area contributed by atoms with E-state index < -0.39 is 35.9 Å². The highest BCUT2D eigenvalue weighted by molar-refractivity contribution is 7.90. The third kappa shape index (κ3) is 2.98. The lowest BCUT2D eigenvalue weighted by molar-refractivity contribution is -0.145. The highest BCUT2D eigenvalue weighted by Gasteiger charge is 2.64. The van der Waals surface area contributed by atoms with Crippen molar-refractivity contribution >= 4 is 41.4 Å². The largest absolute Gasteiger partial charge is 0.468 e. The summed E-state index contributed by atoms with van der Waals surface area (Å²) in [7, 11) is 4.59. The molecule has 2 atom stereocenters. The lowest BCUT2D eigenvalue weighted by Crippen LogP contribution is -2.45. The van der Waals surface area contributed by atoms with Crippen LogP contribution in [0.2, 0.25) is 0 Å². The first kappa shape index (κ1) is 23.3. The number of methoxy groups -OCH3 is 4. The summed E-state index contributed by atoms with van der Waals surface area (Å²) in [5.74, 6) is -1.85. The van der Waals surface area contributed by atoms with Crippen LogP contribution in [0.3, 0.4) is 0 Å². The topological polar surface area (TPSA) is 105 Å². The molecule has 0 bridgehead atoms. The van der Waals surface area contributed by atoms with Gasteiger partial charge in [-0.1, -0.05) is 53.9 Å². The van der Waals surface area contributed by atoms with Crippen LogP contribution in [-0.4, -0.2) is 62.8 Å².